The van der Waals surface area contributed by atoms with Crippen LogP contribution in [0.15, 0.2) is 30.5 Å². The number of aromatic nitrogens is 1. The molecule has 0 saturated carbocycles. The van der Waals surface area contributed by atoms with Crippen molar-refractivity contribution >= 4 is 16.9 Å². The minimum Gasteiger partial charge on any atom is -0.465 e. The lowest BCUT2D eigenvalue weighted by atomic mass is 10.1. The molecule has 0 radical (unpaired) electrons. The van der Waals surface area contributed by atoms with Crippen molar-refractivity contribution in [2.45, 2.75) is 19.9 Å². The molecule has 0 aliphatic rings. The van der Waals surface area contributed by atoms with Gasteiger partial charge in [0.25, 0.3) is 0 Å². The molecule has 0 aliphatic heterocycles. The number of esters is 1. The minimum absolute atomic E-state index is 0.285. The Morgan fingerprint density at radius 1 is 1.31 bits per heavy atom. The van der Waals surface area contributed by atoms with Crippen molar-refractivity contribution in [3.8, 4) is 0 Å². The number of ether oxygens (including phenoxy) is 1. The number of carbonyl (C=O) groups excluding carboxylic acids is 1. The fraction of sp³-hybridized carbons (Fsp3) is 0.308. The van der Waals surface area contributed by atoms with Crippen molar-refractivity contribution in [1.82, 2.24) is 4.57 Å². The Hall–Kier alpha value is -1.77. The fourth-order valence-electron chi connectivity index (χ4n) is 1.93. The molecular formula is C13H15NO2. The largest absolute Gasteiger partial charge is 0.465 e. The van der Waals surface area contributed by atoms with E-state index in [-0.39, 0.29) is 5.97 Å². The first-order valence-corrected chi connectivity index (χ1v) is 5.33. The van der Waals surface area contributed by atoms with E-state index in [1.54, 1.807) is 6.07 Å². The molecule has 2 aromatic rings. The van der Waals surface area contributed by atoms with Crippen molar-refractivity contribution in [2.75, 3.05) is 7.11 Å². The molecule has 0 fully saturated rings. The third-order valence-electron chi connectivity index (χ3n) is 2.72. The first-order chi connectivity index (χ1) is 7.65. The molecule has 0 spiro atoms. The van der Waals surface area contributed by atoms with Crippen molar-refractivity contribution in [3.05, 3.63) is 36.0 Å². The fourth-order valence-corrected chi connectivity index (χ4v) is 1.93. The summed E-state index contributed by atoms with van der Waals surface area (Å²) in [7, 11) is 1.40. The van der Waals surface area contributed by atoms with Crippen molar-refractivity contribution in [3.63, 3.8) is 0 Å². The Balaban J connectivity index is 2.66. The van der Waals surface area contributed by atoms with Gasteiger partial charge in [-0.3, -0.25) is 0 Å². The van der Waals surface area contributed by atoms with E-state index < -0.39 is 0 Å². The zero-order valence-corrected chi connectivity index (χ0v) is 9.73. The number of carbonyl (C=O) groups is 1. The van der Waals surface area contributed by atoms with E-state index in [4.69, 9.17) is 4.74 Å². The topological polar surface area (TPSA) is 31.2 Å². The molecule has 1 aromatic carbocycles. The SMILES string of the molecule is COC(=O)c1cccc2c1ccn2C(C)C. The number of benzene rings is 1. The molecular weight excluding hydrogens is 202 g/mol. The quantitative estimate of drug-likeness (QED) is 0.724. The monoisotopic (exact) mass is 217 g/mol. The van der Waals surface area contributed by atoms with E-state index in [1.165, 1.54) is 7.11 Å². The Morgan fingerprint density at radius 3 is 2.69 bits per heavy atom. The number of nitrogens with zero attached hydrogens (tertiary/aromatic N) is 1. The van der Waals surface area contributed by atoms with Crippen LogP contribution in [0.25, 0.3) is 10.9 Å². The van der Waals surface area contributed by atoms with Crippen molar-refractivity contribution in [1.29, 1.82) is 0 Å². The zero-order chi connectivity index (χ0) is 11.7. The third kappa shape index (κ3) is 1.58. The second-order valence-corrected chi connectivity index (χ2v) is 4.05. The molecule has 3 nitrogen and oxygen atoms in total. The predicted octanol–water partition coefficient (Wildman–Crippen LogP) is 3.01. The maximum atomic E-state index is 11.6. The lowest BCUT2D eigenvalue weighted by Crippen LogP contribution is -2.02. The summed E-state index contributed by atoms with van der Waals surface area (Å²) in [5, 5.41) is 0.947. The van der Waals surface area contributed by atoms with Crippen LogP contribution in [-0.4, -0.2) is 17.6 Å². The highest BCUT2D eigenvalue weighted by atomic mass is 16.5. The standard InChI is InChI=1S/C13H15NO2/c1-9(2)14-8-7-10-11(13(15)16-3)5-4-6-12(10)14/h4-9H,1-3H3. The molecule has 84 valence electrons. The summed E-state index contributed by atoms with van der Waals surface area (Å²) in [6.07, 6.45) is 2.00. The summed E-state index contributed by atoms with van der Waals surface area (Å²) in [5.41, 5.74) is 1.69. The van der Waals surface area contributed by atoms with E-state index in [0.717, 1.165) is 10.9 Å². The maximum Gasteiger partial charge on any atom is 0.338 e. The predicted molar refractivity (Wildman–Crippen MR) is 63.7 cm³/mol. The van der Waals surface area contributed by atoms with E-state index in [9.17, 15) is 4.79 Å². The number of rotatable bonds is 2. The first kappa shape index (κ1) is 10.7. The second kappa shape index (κ2) is 4.00. The van der Waals surface area contributed by atoms with Gasteiger partial charge in [-0.25, -0.2) is 4.79 Å². The highest BCUT2D eigenvalue weighted by Gasteiger charge is 2.12. The van der Waals surface area contributed by atoms with Crippen LogP contribution < -0.4 is 0 Å². The molecule has 1 aromatic heterocycles. The van der Waals surface area contributed by atoms with Gasteiger partial charge in [-0.15, -0.1) is 0 Å². The van der Waals surface area contributed by atoms with Crippen LogP contribution in [0.5, 0.6) is 0 Å². The highest BCUT2D eigenvalue weighted by molar-refractivity contribution is 6.03. The molecule has 3 heteroatoms. The van der Waals surface area contributed by atoms with E-state index in [1.807, 2.05) is 24.4 Å². The molecule has 0 aliphatic carbocycles. The molecule has 0 N–H and O–H groups in total. The van der Waals surface area contributed by atoms with Crippen LogP contribution in [-0.2, 0) is 4.74 Å². The van der Waals surface area contributed by atoms with E-state index in [0.29, 0.717) is 11.6 Å². The van der Waals surface area contributed by atoms with Gasteiger partial charge in [0.15, 0.2) is 0 Å². The van der Waals surface area contributed by atoms with Crippen LogP contribution >= 0.6 is 0 Å². The average molecular weight is 217 g/mol. The van der Waals surface area contributed by atoms with Crippen LogP contribution in [0.4, 0.5) is 0 Å². The van der Waals surface area contributed by atoms with Crippen LogP contribution in [0, 0.1) is 0 Å². The third-order valence-corrected chi connectivity index (χ3v) is 2.72. The summed E-state index contributed by atoms with van der Waals surface area (Å²) in [4.78, 5) is 11.6. The van der Waals surface area contributed by atoms with Gasteiger partial charge in [-0.2, -0.15) is 0 Å². The van der Waals surface area contributed by atoms with Crippen molar-refractivity contribution in [2.24, 2.45) is 0 Å². The molecule has 0 bridgehead atoms. The number of hydrogen-bond donors (Lipinski definition) is 0. The van der Waals surface area contributed by atoms with Gasteiger partial charge in [-0.05, 0) is 32.0 Å². The first-order valence-electron chi connectivity index (χ1n) is 5.33. The summed E-state index contributed by atoms with van der Waals surface area (Å²) in [6.45, 7) is 4.23. The van der Waals surface area contributed by atoms with Gasteiger partial charge in [0.05, 0.1) is 12.7 Å². The molecule has 1 heterocycles. The molecule has 0 unspecified atom stereocenters. The lowest BCUT2D eigenvalue weighted by Gasteiger charge is -2.09. The molecule has 16 heavy (non-hydrogen) atoms. The van der Waals surface area contributed by atoms with Gasteiger partial charge >= 0.3 is 5.97 Å². The smallest absolute Gasteiger partial charge is 0.338 e. The zero-order valence-electron chi connectivity index (χ0n) is 9.73. The van der Waals surface area contributed by atoms with Crippen molar-refractivity contribution < 1.29 is 9.53 Å². The molecule has 2 rings (SSSR count). The minimum atomic E-state index is -0.285. The summed E-state index contributed by atoms with van der Waals surface area (Å²) >= 11 is 0. The van der Waals surface area contributed by atoms with E-state index in [2.05, 4.69) is 18.4 Å². The molecule has 0 saturated heterocycles. The second-order valence-electron chi connectivity index (χ2n) is 4.05. The highest BCUT2D eigenvalue weighted by Crippen LogP contribution is 2.23. The van der Waals surface area contributed by atoms with Gasteiger partial charge < -0.3 is 9.30 Å². The van der Waals surface area contributed by atoms with Gasteiger partial charge in [0.2, 0.25) is 0 Å². The Bertz CT molecular complexity index is 526. The number of hydrogen-bond acceptors (Lipinski definition) is 2. The Morgan fingerprint density at radius 2 is 2.06 bits per heavy atom. The maximum absolute atomic E-state index is 11.6. The normalized spacial score (nSPS) is 11.0. The number of methoxy groups -OCH3 is 1. The lowest BCUT2D eigenvalue weighted by molar-refractivity contribution is 0.0603. The van der Waals surface area contributed by atoms with Crippen LogP contribution in [0.3, 0.4) is 0 Å². The van der Waals surface area contributed by atoms with Crippen LogP contribution in [0.1, 0.15) is 30.2 Å². The van der Waals surface area contributed by atoms with Gasteiger partial charge in [0.1, 0.15) is 0 Å². The summed E-state index contributed by atoms with van der Waals surface area (Å²) in [6, 6.07) is 8.03. The molecule has 0 atom stereocenters. The summed E-state index contributed by atoms with van der Waals surface area (Å²) in [5.74, 6) is -0.285. The van der Waals surface area contributed by atoms with Crippen LogP contribution in [0.2, 0.25) is 0 Å². The van der Waals surface area contributed by atoms with Gasteiger partial charge in [-0.1, -0.05) is 6.07 Å². The number of fused-ring (bicyclic) bond motifs is 1. The molecule has 0 amide bonds. The summed E-state index contributed by atoms with van der Waals surface area (Å²) < 4.78 is 6.91. The average Bonchev–Trinajstić information content (AvgIpc) is 2.71. The van der Waals surface area contributed by atoms with Gasteiger partial charge in [0, 0.05) is 23.1 Å². The van der Waals surface area contributed by atoms with E-state index >= 15 is 0 Å². The Kier molecular flexibility index (Phi) is 2.69. The Labute approximate surface area is 94.6 Å².